The molecule has 140 valence electrons. The lowest BCUT2D eigenvalue weighted by Crippen LogP contribution is -2.13. The summed E-state index contributed by atoms with van der Waals surface area (Å²) in [5.41, 5.74) is 2.71. The van der Waals surface area contributed by atoms with Gasteiger partial charge in [0.15, 0.2) is 5.01 Å². The fourth-order valence-electron chi connectivity index (χ4n) is 3.49. The largest absolute Gasteiger partial charge is 0.494 e. The topological polar surface area (TPSA) is 58.8 Å². The molecule has 0 saturated heterocycles. The molecule has 4 rings (SSSR count). The fourth-order valence-corrected chi connectivity index (χ4v) is 8.18. The fraction of sp³-hybridized carbons (Fsp3) is 0.429. The molecule has 0 radical (unpaired) electrons. The molecule has 1 fully saturated rings. The summed E-state index contributed by atoms with van der Waals surface area (Å²) in [5.74, 6) is 0.510. The maximum Gasteiger partial charge on any atom is 0.153 e. The molecule has 27 heavy (non-hydrogen) atoms. The molecule has 4 nitrogen and oxygen atoms in total. The Bertz CT molecular complexity index is 929. The molecule has 2 heterocycles. The van der Waals surface area contributed by atoms with Crippen molar-refractivity contribution in [3.05, 3.63) is 51.7 Å². The molecule has 1 aromatic rings. The number of rotatable bonds is 4. The number of nitriles is 1. The Hall–Kier alpha value is -1.59. The van der Waals surface area contributed by atoms with E-state index in [1.807, 2.05) is 26.0 Å². The molecule has 0 spiro atoms. The Labute approximate surface area is 174 Å². The van der Waals surface area contributed by atoms with Crippen LogP contribution in [0.25, 0.3) is 5.57 Å². The SMILES string of the molecule is CC(C)OC1=CC=C(c2nnc(C3=IC4CCCC4=CC=C3)s2)CC1C#N. The molecule has 0 bridgehead atoms. The number of hydrogen-bond donors (Lipinski definition) is 0. The van der Waals surface area contributed by atoms with Crippen molar-refractivity contribution in [2.45, 2.75) is 49.6 Å². The number of fused-ring (bicyclic) bond motifs is 1. The summed E-state index contributed by atoms with van der Waals surface area (Å²) in [7, 11) is 0. The van der Waals surface area contributed by atoms with Gasteiger partial charge in [-0.05, 0) is 57.3 Å². The van der Waals surface area contributed by atoms with Crippen LogP contribution in [-0.2, 0) is 4.74 Å². The third kappa shape index (κ3) is 4.14. The van der Waals surface area contributed by atoms with Gasteiger partial charge in [-0.25, -0.2) is 0 Å². The highest BCUT2D eigenvalue weighted by molar-refractivity contribution is 14.2. The van der Waals surface area contributed by atoms with Crippen LogP contribution in [0.15, 0.2) is 41.7 Å². The van der Waals surface area contributed by atoms with Gasteiger partial charge in [0.25, 0.3) is 0 Å². The molecule has 2 aliphatic carbocycles. The van der Waals surface area contributed by atoms with Crippen LogP contribution in [-0.4, -0.2) is 23.7 Å². The molecule has 0 amide bonds. The van der Waals surface area contributed by atoms with Gasteiger partial charge in [0.1, 0.15) is 16.7 Å². The smallest absolute Gasteiger partial charge is 0.153 e. The second kappa shape index (κ2) is 8.19. The van der Waals surface area contributed by atoms with E-state index < -0.39 is 0 Å². The van der Waals surface area contributed by atoms with Crippen molar-refractivity contribution in [2.75, 3.05) is 0 Å². The van der Waals surface area contributed by atoms with Gasteiger partial charge in [-0.3, -0.25) is 0 Å². The van der Waals surface area contributed by atoms with Crippen molar-refractivity contribution >= 4 is 41.1 Å². The van der Waals surface area contributed by atoms with Crippen LogP contribution in [0.3, 0.4) is 0 Å². The van der Waals surface area contributed by atoms with Crippen molar-refractivity contribution in [1.82, 2.24) is 10.2 Å². The van der Waals surface area contributed by atoms with E-state index in [9.17, 15) is 5.26 Å². The van der Waals surface area contributed by atoms with E-state index in [1.165, 1.54) is 22.8 Å². The number of allylic oxidation sites excluding steroid dienone is 8. The highest BCUT2D eigenvalue weighted by atomic mass is 127. The Kier molecular flexibility index (Phi) is 5.69. The van der Waals surface area contributed by atoms with Crippen LogP contribution in [0.5, 0.6) is 0 Å². The van der Waals surface area contributed by atoms with Crippen molar-refractivity contribution in [1.29, 1.82) is 5.26 Å². The van der Waals surface area contributed by atoms with Crippen LogP contribution >= 0.6 is 32.1 Å². The lowest BCUT2D eigenvalue weighted by Gasteiger charge is -2.21. The zero-order valence-corrected chi connectivity index (χ0v) is 18.5. The molecule has 2 unspecified atom stereocenters. The lowest BCUT2D eigenvalue weighted by atomic mass is 9.94. The number of hydrogen-bond acceptors (Lipinski definition) is 5. The minimum absolute atomic E-state index is 0.0705. The average Bonchev–Trinajstić information content (AvgIpc) is 3.27. The van der Waals surface area contributed by atoms with Crippen LogP contribution in [0.4, 0.5) is 0 Å². The van der Waals surface area contributed by atoms with Gasteiger partial charge in [0.05, 0.1) is 12.2 Å². The van der Waals surface area contributed by atoms with Gasteiger partial charge in [0, 0.05) is 7.43 Å². The van der Waals surface area contributed by atoms with Gasteiger partial charge >= 0.3 is 0 Å². The molecule has 1 aliphatic heterocycles. The highest BCUT2D eigenvalue weighted by Gasteiger charge is 2.25. The lowest BCUT2D eigenvalue weighted by molar-refractivity contribution is 0.129. The number of nitrogens with zero attached hydrogens (tertiary/aromatic N) is 3. The highest BCUT2D eigenvalue weighted by Crippen LogP contribution is 2.39. The summed E-state index contributed by atoms with van der Waals surface area (Å²) in [5, 5.41) is 20.5. The van der Waals surface area contributed by atoms with E-state index in [0.29, 0.717) is 6.42 Å². The zero-order valence-electron chi connectivity index (χ0n) is 15.5. The summed E-state index contributed by atoms with van der Waals surface area (Å²) in [6, 6.07) is 2.37. The number of aromatic nitrogens is 2. The first-order valence-electron chi connectivity index (χ1n) is 9.33. The van der Waals surface area contributed by atoms with E-state index >= 15 is 0 Å². The summed E-state index contributed by atoms with van der Waals surface area (Å²) >= 11 is 1.59. The minimum Gasteiger partial charge on any atom is -0.494 e. The minimum atomic E-state index is -0.247. The van der Waals surface area contributed by atoms with Crippen LogP contribution in [0, 0.1) is 17.2 Å². The van der Waals surface area contributed by atoms with Crippen molar-refractivity contribution in [3.63, 3.8) is 0 Å². The number of alkyl halides is 1. The molecular formula is C21H22IN3OS. The second-order valence-corrected chi connectivity index (χ2v) is 11.4. The Morgan fingerprint density at radius 1 is 1.26 bits per heavy atom. The van der Waals surface area contributed by atoms with Gasteiger partial charge in [0.2, 0.25) is 0 Å². The van der Waals surface area contributed by atoms with Gasteiger partial charge < -0.3 is 4.74 Å². The van der Waals surface area contributed by atoms with Crippen molar-refractivity contribution in [2.24, 2.45) is 5.92 Å². The van der Waals surface area contributed by atoms with E-state index in [4.69, 9.17) is 4.74 Å². The summed E-state index contributed by atoms with van der Waals surface area (Å²) in [6.45, 7) is 3.97. The Balaban J connectivity index is 1.57. The number of ether oxygens (including phenoxy) is 1. The van der Waals surface area contributed by atoms with E-state index in [0.717, 1.165) is 25.3 Å². The summed E-state index contributed by atoms with van der Waals surface area (Å²) in [4.78, 5) is 0. The first kappa shape index (κ1) is 18.8. The van der Waals surface area contributed by atoms with Crippen molar-refractivity contribution < 1.29 is 4.74 Å². The predicted octanol–water partition coefficient (Wildman–Crippen LogP) is 5.31. The Morgan fingerprint density at radius 2 is 2.11 bits per heavy atom. The van der Waals surface area contributed by atoms with Gasteiger partial charge in [-0.2, -0.15) is 5.26 Å². The number of halogens is 1. The molecule has 1 saturated carbocycles. The molecule has 3 aliphatic rings. The van der Waals surface area contributed by atoms with Gasteiger partial charge in [-0.1, -0.05) is 35.1 Å². The third-order valence-corrected chi connectivity index (χ3v) is 9.89. The molecule has 0 aromatic carbocycles. The maximum atomic E-state index is 9.52. The molecule has 6 heteroatoms. The first-order valence-corrected chi connectivity index (χ1v) is 12.5. The second-order valence-electron chi connectivity index (χ2n) is 7.14. The quantitative estimate of drug-likeness (QED) is 0.423. The molecular weight excluding hydrogens is 469 g/mol. The van der Waals surface area contributed by atoms with Crippen LogP contribution in [0.1, 0.15) is 49.5 Å². The normalized spacial score (nSPS) is 24.7. The Morgan fingerprint density at radius 3 is 2.93 bits per heavy atom. The molecule has 0 N–H and O–H groups in total. The first-order chi connectivity index (χ1) is 13.1. The van der Waals surface area contributed by atoms with E-state index in [-0.39, 0.29) is 32.8 Å². The van der Waals surface area contributed by atoms with E-state index in [1.54, 1.807) is 16.9 Å². The zero-order chi connectivity index (χ0) is 18.8. The predicted molar refractivity (Wildman–Crippen MR) is 119 cm³/mol. The van der Waals surface area contributed by atoms with E-state index in [2.05, 4.69) is 34.5 Å². The van der Waals surface area contributed by atoms with Crippen molar-refractivity contribution in [3.8, 4) is 6.07 Å². The monoisotopic (exact) mass is 491 g/mol. The standard InChI is InChI=1S/C21H22IN3OS/c1-13(2)26-19-10-9-15(11-16(19)12-23)20-24-25-21(27-20)18-8-4-6-14-5-3-7-17(14)22-18/h4,6,8-10,13,16-17H,3,5,7,11H2,1-2H3. The maximum absolute atomic E-state index is 9.52. The molecule has 1 aromatic heterocycles. The third-order valence-electron chi connectivity index (χ3n) is 4.78. The molecule has 2 atom stereocenters. The van der Waals surface area contributed by atoms with Crippen LogP contribution in [0.2, 0.25) is 0 Å². The van der Waals surface area contributed by atoms with Gasteiger partial charge in [-0.15, -0.1) is 30.9 Å². The average molecular weight is 491 g/mol. The van der Waals surface area contributed by atoms with Crippen LogP contribution < -0.4 is 0 Å². The summed E-state index contributed by atoms with van der Waals surface area (Å²) in [6.07, 6.45) is 15.3. The summed E-state index contributed by atoms with van der Waals surface area (Å²) < 4.78 is 7.95.